The number of hydrogen-bond acceptors (Lipinski definition) is 4. The summed E-state index contributed by atoms with van der Waals surface area (Å²) in [5.41, 5.74) is 1.38. The van der Waals surface area contributed by atoms with Gasteiger partial charge < -0.3 is 4.74 Å². The van der Waals surface area contributed by atoms with Crippen LogP contribution in [0, 0.1) is 6.92 Å². The third-order valence-electron chi connectivity index (χ3n) is 4.68. The summed E-state index contributed by atoms with van der Waals surface area (Å²) in [5, 5.41) is 0.535. The van der Waals surface area contributed by atoms with Gasteiger partial charge in [-0.05, 0) is 62.6 Å². The molecule has 1 aliphatic rings. The van der Waals surface area contributed by atoms with Crippen LogP contribution in [0.5, 0.6) is 0 Å². The fourth-order valence-electron chi connectivity index (χ4n) is 3.15. The molecule has 0 radical (unpaired) electrons. The zero-order valence-electron chi connectivity index (χ0n) is 15.0. The number of ether oxygens (including phenoxy) is 1. The highest BCUT2D eigenvalue weighted by molar-refractivity contribution is 7.89. The van der Waals surface area contributed by atoms with E-state index in [-0.39, 0.29) is 4.90 Å². The van der Waals surface area contributed by atoms with Gasteiger partial charge in [0.1, 0.15) is 6.10 Å². The average molecular weight is 408 g/mol. The van der Waals surface area contributed by atoms with Crippen molar-refractivity contribution < 1.29 is 17.9 Å². The second-order valence-electron chi connectivity index (χ2n) is 6.78. The predicted molar refractivity (Wildman–Crippen MR) is 104 cm³/mol. The SMILES string of the molecule is Cc1ccc(S(=O)(=O)N[C@@H]2CCCC[C@H]2OC(=O)c2ccc(Cl)cc2)cc1. The van der Waals surface area contributed by atoms with Crippen molar-refractivity contribution in [1.29, 1.82) is 0 Å². The van der Waals surface area contributed by atoms with E-state index in [0.717, 1.165) is 18.4 Å². The fraction of sp³-hybridized carbons (Fsp3) is 0.350. The van der Waals surface area contributed by atoms with Gasteiger partial charge in [0.15, 0.2) is 0 Å². The summed E-state index contributed by atoms with van der Waals surface area (Å²) >= 11 is 5.84. The molecule has 7 heteroatoms. The summed E-state index contributed by atoms with van der Waals surface area (Å²) in [7, 11) is -3.67. The Bertz CT molecular complexity index is 895. The Hall–Kier alpha value is -1.89. The molecular weight excluding hydrogens is 386 g/mol. The van der Waals surface area contributed by atoms with Crippen LogP contribution in [0.25, 0.3) is 0 Å². The molecule has 27 heavy (non-hydrogen) atoms. The highest BCUT2D eigenvalue weighted by Crippen LogP contribution is 2.24. The molecule has 1 fully saturated rings. The van der Waals surface area contributed by atoms with Gasteiger partial charge in [0.25, 0.3) is 0 Å². The fourth-order valence-corrected chi connectivity index (χ4v) is 4.57. The normalized spacial score (nSPS) is 20.2. The Labute approximate surface area is 164 Å². The van der Waals surface area contributed by atoms with E-state index < -0.39 is 28.1 Å². The maximum absolute atomic E-state index is 12.7. The van der Waals surface area contributed by atoms with Gasteiger partial charge in [0.05, 0.1) is 16.5 Å². The summed E-state index contributed by atoms with van der Waals surface area (Å²) in [6, 6.07) is 12.7. The van der Waals surface area contributed by atoms with Crippen LogP contribution < -0.4 is 4.72 Å². The van der Waals surface area contributed by atoms with Crippen molar-refractivity contribution in [1.82, 2.24) is 4.72 Å². The molecule has 2 aromatic carbocycles. The Balaban J connectivity index is 1.72. The molecular formula is C20H22ClNO4S. The number of aryl methyl sites for hydroxylation is 1. The molecule has 0 unspecified atom stereocenters. The number of rotatable bonds is 5. The van der Waals surface area contributed by atoms with Gasteiger partial charge in [-0.25, -0.2) is 17.9 Å². The second-order valence-corrected chi connectivity index (χ2v) is 8.93. The van der Waals surface area contributed by atoms with Gasteiger partial charge in [0, 0.05) is 5.02 Å². The van der Waals surface area contributed by atoms with Crippen LogP contribution in [-0.4, -0.2) is 26.5 Å². The number of sulfonamides is 1. The van der Waals surface area contributed by atoms with E-state index in [2.05, 4.69) is 4.72 Å². The Morgan fingerprint density at radius 1 is 1.04 bits per heavy atom. The maximum atomic E-state index is 12.7. The summed E-state index contributed by atoms with van der Waals surface area (Å²) in [6.07, 6.45) is 2.53. The Morgan fingerprint density at radius 3 is 2.33 bits per heavy atom. The molecule has 1 aliphatic carbocycles. The molecule has 0 bridgehead atoms. The highest BCUT2D eigenvalue weighted by Gasteiger charge is 2.32. The first-order valence-corrected chi connectivity index (χ1v) is 10.8. The minimum absolute atomic E-state index is 0.210. The predicted octanol–water partition coefficient (Wildman–Crippen LogP) is 4.09. The van der Waals surface area contributed by atoms with Crippen molar-refractivity contribution in [2.45, 2.75) is 49.6 Å². The van der Waals surface area contributed by atoms with E-state index in [1.807, 2.05) is 6.92 Å². The molecule has 0 saturated heterocycles. The zero-order valence-corrected chi connectivity index (χ0v) is 16.6. The van der Waals surface area contributed by atoms with Crippen LogP contribution in [0.1, 0.15) is 41.6 Å². The lowest BCUT2D eigenvalue weighted by Crippen LogP contribution is -2.46. The second kappa shape index (κ2) is 8.42. The van der Waals surface area contributed by atoms with Gasteiger partial charge in [-0.2, -0.15) is 0 Å². The van der Waals surface area contributed by atoms with Crippen molar-refractivity contribution in [2.24, 2.45) is 0 Å². The van der Waals surface area contributed by atoms with Crippen LogP contribution >= 0.6 is 11.6 Å². The van der Waals surface area contributed by atoms with Gasteiger partial charge in [-0.3, -0.25) is 0 Å². The molecule has 5 nitrogen and oxygen atoms in total. The molecule has 1 N–H and O–H groups in total. The third-order valence-corrected chi connectivity index (χ3v) is 6.44. The molecule has 144 valence electrons. The van der Waals surface area contributed by atoms with E-state index in [0.29, 0.717) is 23.4 Å². The van der Waals surface area contributed by atoms with Crippen LogP contribution in [-0.2, 0) is 14.8 Å². The minimum atomic E-state index is -3.67. The lowest BCUT2D eigenvalue weighted by Gasteiger charge is -2.31. The number of hydrogen-bond donors (Lipinski definition) is 1. The standard InChI is InChI=1S/C20H22ClNO4S/c1-14-6-12-17(13-7-14)27(24,25)22-18-4-2-3-5-19(18)26-20(23)15-8-10-16(21)11-9-15/h6-13,18-19,22H,2-5H2,1H3/t18-,19-/m1/s1. The number of benzene rings is 2. The van der Waals surface area contributed by atoms with Crippen LogP contribution in [0.4, 0.5) is 0 Å². The molecule has 0 spiro atoms. The zero-order chi connectivity index (χ0) is 19.4. The van der Waals surface area contributed by atoms with Gasteiger partial charge >= 0.3 is 5.97 Å². The molecule has 2 aromatic rings. The number of nitrogens with one attached hydrogen (secondary N) is 1. The topological polar surface area (TPSA) is 72.5 Å². The molecule has 1 saturated carbocycles. The highest BCUT2D eigenvalue weighted by atomic mass is 35.5. The number of halogens is 1. The summed E-state index contributed by atoms with van der Waals surface area (Å²) < 4.78 is 33.7. The summed E-state index contributed by atoms with van der Waals surface area (Å²) in [4.78, 5) is 12.6. The number of carbonyl (C=O) groups excluding carboxylic acids is 1. The number of esters is 1. The molecule has 0 amide bonds. The lowest BCUT2D eigenvalue weighted by molar-refractivity contribution is 0.0130. The first-order chi connectivity index (χ1) is 12.8. The molecule has 0 aliphatic heterocycles. The lowest BCUT2D eigenvalue weighted by atomic mass is 9.93. The van der Waals surface area contributed by atoms with Crippen molar-refractivity contribution in [3.05, 3.63) is 64.7 Å². The first kappa shape index (κ1) is 19.9. The van der Waals surface area contributed by atoms with Crippen LogP contribution in [0.3, 0.4) is 0 Å². The van der Waals surface area contributed by atoms with Gasteiger partial charge in [-0.15, -0.1) is 0 Å². The molecule has 0 heterocycles. The number of carbonyl (C=O) groups is 1. The molecule has 0 aromatic heterocycles. The third kappa shape index (κ3) is 5.09. The van der Waals surface area contributed by atoms with E-state index in [4.69, 9.17) is 16.3 Å². The van der Waals surface area contributed by atoms with E-state index in [9.17, 15) is 13.2 Å². The van der Waals surface area contributed by atoms with Gasteiger partial charge in [-0.1, -0.05) is 35.7 Å². The van der Waals surface area contributed by atoms with E-state index in [1.54, 1.807) is 48.5 Å². The average Bonchev–Trinajstić information content (AvgIpc) is 2.64. The Kier molecular flexibility index (Phi) is 6.19. The molecule has 2 atom stereocenters. The van der Waals surface area contributed by atoms with Crippen molar-refractivity contribution in [2.75, 3.05) is 0 Å². The van der Waals surface area contributed by atoms with Crippen molar-refractivity contribution in [3.63, 3.8) is 0 Å². The maximum Gasteiger partial charge on any atom is 0.338 e. The van der Waals surface area contributed by atoms with E-state index in [1.165, 1.54) is 0 Å². The Morgan fingerprint density at radius 2 is 1.67 bits per heavy atom. The molecule has 3 rings (SSSR count). The van der Waals surface area contributed by atoms with Gasteiger partial charge in [0.2, 0.25) is 10.0 Å². The summed E-state index contributed by atoms with van der Waals surface area (Å²) in [5.74, 6) is -0.474. The van der Waals surface area contributed by atoms with Crippen molar-refractivity contribution in [3.8, 4) is 0 Å². The largest absolute Gasteiger partial charge is 0.457 e. The van der Waals surface area contributed by atoms with Crippen LogP contribution in [0.15, 0.2) is 53.4 Å². The minimum Gasteiger partial charge on any atom is -0.457 e. The quantitative estimate of drug-likeness (QED) is 0.757. The van der Waals surface area contributed by atoms with Crippen LogP contribution in [0.2, 0.25) is 5.02 Å². The monoisotopic (exact) mass is 407 g/mol. The summed E-state index contributed by atoms with van der Waals surface area (Å²) in [6.45, 7) is 1.90. The van der Waals surface area contributed by atoms with Crippen molar-refractivity contribution >= 4 is 27.6 Å². The smallest absolute Gasteiger partial charge is 0.338 e. The van der Waals surface area contributed by atoms with E-state index >= 15 is 0 Å². The first-order valence-electron chi connectivity index (χ1n) is 8.91.